The van der Waals surface area contributed by atoms with Gasteiger partial charge < -0.3 is 35.1 Å². The van der Waals surface area contributed by atoms with Crippen LogP contribution in [0.1, 0.15) is 0 Å². The van der Waals surface area contributed by atoms with Crippen LogP contribution in [0, 0.1) is 5.21 Å². The molecular formula is C27H31N7O3. The summed E-state index contributed by atoms with van der Waals surface area (Å²) in [5, 5.41) is 22.3. The minimum Gasteiger partial charge on any atom is -0.633 e. The molecule has 0 radical (unpaired) electrons. The number of nitrogens with one attached hydrogen (secondary N) is 3. The van der Waals surface area contributed by atoms with E-state index in [0.29, 0.717) is 41.8 Å². The van der Waals surface area contributed by atoms with Crippen molar-refractivity contribution in [2.75, 3.05) is 50.2 Å². The van der Waals surface area contributed by atoms with Crippen LogP contribution in [-0.2, 0) is 11.8 Å². The van der Waals surface area contributed by atoms with Gasteiger partial charge in [-0.3, -0.25) is 4.79 Å². The van der Waals surface area contributed by atoms with Gasteiger partial charge in [0, 0.05) is 42.0 Å². The van der Waals surface area contributed by atoms with E-state index in [-0.39, 0.29) is 5.91 Å². The van der Waals surface area contributed by atoms with Crippen molar-refractivity contribution in [3.8, 4) is 17.0 Å². The lowest BCUT2D eigenvalue weighted by Gasteiger charge is -2.33. The molecule has 1 amide bonds. The zero-order valence-electron chi connectivity index (χ0n) is 21.4. The largest absolute Gasteiger partial charge is 0.633 e. The Hall–Kier alpha value is -4.41. The Morgan fingerprint density at radius 1 is 1.19 bits per heavy atom. The Labute approximate surface area is 215 Å². The maximum atomic E-state index is 12.1. The van der Waals surface area contributed by atoms with Gasteiger partial charge in [-0.1, -0.05) is 24.8 Å². The Morgan fingerprint density at radius 2 is 1.97 bits per heavy atom. The number of ether oxygens (including phenoxy) is 1. The number of aryl methyl sites for hydroxylation is 1. The molecule has 4 aromatic rings. The average molecular weight is 502 g/mol. The van der Waals surface area contributed by atoms with Crippen molar-refractivity contribution in [3.05, 3.63) is 72.7 Å². The molecular weight excluding hydrogens is 470 g/mol. The van der Waals surface area contributed by atoms with Gasteiger partial charge >= 0.3 is 0 Å². The van der Waals surface area contributed by atoms with Gasteiger partial charge in [-0.05, 0) is 24.3 Å². The molecule has 0 aliphatic heterocycles. The molecule has 0 fully saturated rings. The number of hydrogen-bond donors (Lipinski definition) is 3. The van der Waals surface area contributed by atoms with Gasteiger partial charge in [0.1, 0.15) is 5.75 Å². The number of carbonyl (C=O) groups is 1. The number of hydroxylamine groups is 3. The predicted molar refractivity (Wildman–Crippen MR) is 148 cm³/mol. The molecule has 0 unspecified atom stereocenters. The molecule has 192 valence electrons. The summed E-state index contributed by atoms with van der Waals surface area (Å²) in [4.78, 5) is 21.2. The van der Waals surface area contributed by atoms with E-state index in [2.05, 4.69) is 44.2 Å². The van der Waals surface area contributed by atoms with Gasteiger partial charge in [-0.2, -0.15) is 0 Å². The summed E-state index contributed by atoms with van der Waals surface area (Å²) in [7, 11) is 6.70. The Kier molecular flexibility index (Phi) is 7.42. The first kappa shape index (κ1) is 25.7. The van der Waals surface area contributed by atoms with Gasteiger partial charge in [0.05, 0.1) is 57.1 Å². The van der Waals surface area contributed by atoms with Crippen LogP contribution < -0.4 is 20.7 Å². The Bertz CT molecular complexity index is 1440. The minimum atomic E-state index is -0.442. The van der Waals surface area contributed by atoms with E-state index in [1.54, 1.807) is 39.5 Å². The number of hydrogen-bond acceptors (Lipinski definition) is 7. The van der Waals surface area contributed by atoms with Crippen molar-refractivity contribution in [2.45, 2.75) is 0 Å². The molecule has 0 bridgehead atoms. The fraction of sp³-hybridized carbons (Fsp3) is 0.222. The molecule has 4 rings (SSSR count). The quantitative estimate of drug-likeness (QED) is 0.166. The van der Waals surface area contributed by atoms with E-state index in [9.17, 15) is 10.0 Å². The molecule has 0 spiro atoms. The topological polar surface area (TPSA) is 116 Å². The number of methoxy groups -OCH3 is 1. The minimum absolute atomic E-state index is 0.339. The first-order valence-corrected chi connectivity index (χ1v) is 11.8. The zero-order valence-corrected chi connectivity index (χ0v) is 21.4. The fourth-order valence-corrected chi connectivity index (χ4v) is 3.97. The van der Waals surface area contributed by atoms with Crippen LogP contribution in [0.2, 0.25) is 0 Å². The van der Waals surface area contributed by atoms with Crippen LogP contribution >= 0.6 is 0 Å². The highest BCUT2D eigenvalue weighted by atomic mass is 16.5. The summed E-state index contributed by atoms with van der Waals surface area (Å²) in [5.74, 6) is 0.512. The van der Waals surface area contributed by atoms with Crippen LogP contribution in [0.3, 0.4) is 0 Å². The summed E-state index contributed by atoms with van der Waals surface area (Å²) in [6.07, 6.45) is 4.93. The molecule has 0 saturated carbocycles. The second kappa shape index (κ2) is 10.7. The number of rotatable bonds is 10. The number of benzene rings is 2. The number of aromatic nitrogens is 3. The first-order valence-electron chi connectivity index (χ1n) is 11.8. The van der Waals surface area contributed by atoms with Crippen molar-refractivity contribution in [2.24, 2.45) is 7.05 Å². The van der Waals surface area contributed by atoms with Crippen molar-refractivity contribution in [3.63, 3.8) is 0 Å². The van der Waals surface area contributed by atoms with Crippen LogP contribution in [-0.4, -0.2) is 59.4 Å². The number of anilines is 4. The van der Waals surface area contributed by atoms with E-state index < -0.39 is 4.65 Å². The predicted octanol–water partition coefficient (Wildman–Crippen LogP) is 4.50. The molecule has 3 N–H and O–H groups in total. The molecule has 0 aliphatic rings. The maximum absolute atomic E-state index is 12.1. The Morgan fingerprint density at radius 3 is 2.70 bits per heavy atom. The lowest BCUT2D eigenvalue weighted by atomic mass is 10.1. The molecule has 10 heteroatoms. The van der Waals surface area contributed by atoms with Crippen LogP contribution in [0.5, 0.6) is 5.75 Å². The lowest BCUT2D eigenvalue weighted by molar-refractivity contribution is -0.838. The average Bonchev–Trinajstić information content (AvgIpc) is 3.21. The number of quaternary nitrogens is 1. The molecule has 10 nitrogen and oxygen atoms in total. The second-order valence-corrected chi connectivity index (χ2v) is 9.08. The molecule has 2 aromatic carbocycles. The standard InChI is InChI=1S/C27H31N7O3/c1-6-26(35)30-22-15-23(25(37-5)16-21(22)28-13-14-34(3,4)36)32-27-29-12-11-20(31-27)19-17-33(2)24-10-8-7-9-18(19)24/h6-12,15-17,28H,1,13-14H2,2-5H3,(H,30,35)(H,29,31,32). The fourth-order valence-electron chi connectivity index (χ4n) is 3.97. The van der Waals surface area contributed by atoms with Gasteiger partial charge in [0.15, 0.2) is 0 Å². The molecule has 0 atom stereocenters. The Balaban J connectivity index is 1.67. The lowest BCUT2D eigenvalue weighted by Crippen LogP contribution is -2.36. The number of para-hydroxylation sites is 1. The van der Waals surface area contributed by atoms with Crippen molar-refractivity contribution >= 4 is 39.8 Å². The summed E-state index contributed by atoms with van der Waals surface area (Å²) in [6, 6.07) is 13.5. The summed E-state index contributed by atoms with van der Waals surface area (Å²) >= 11 is 0. The van der Waals surface area contributed by atoms with Gasteiger partial charge in [0.25, 0.3) is 0 Å². The summed E-state index contributed by atoms with van der Waals surface area (Å²) in [5.41, 5.74) is 4.53. The third kappa shape index (κ3) is 6.05. The monoisotopic (exact) mass is 501 g/mol. The van der Waals surface area contributed by atoms with Crippen LogP contribution in [0.15, 0.2) is 67.5 Å². The third-order valence-electron chi connectivity index (χ3n) is 5.82. The SMILES string of the molecule is C=CC(=O)Nc1cc(Nc2nccc(-c3cn(C)c4ccccc34)n2)c(OC)cc1NCC[N+](C)(C)[O-]. The van der Waals surface area contributed by atoms with Gasteiger partial charge in [0.2, 0.25) is 11.9 Å². The number of fused-ring (bicyclic) bond motifs is 1. The third-order valence-corrected chi connectivity index (χ3v) is 5.82. The van der Waals surface area contributed by atoms with Crippen molar-refractivity contribution in [1.82, 2.24) is 14.5 Å². The normalized spacial score (nSPS) is 11.3. The van der Waals surface area contributed by atoms with E-state index >= 15 is 0 Å². The highest BCUT2D eigenvalue weighted by molar-refractivity contribution is 6.02. The summed E-state index contributed by atoms with van der Waals surface area (Å²) in [6.45, 7) is 4.27. The van der Waals surface area contributed by atoms with Crippen molar-refractivity contribution < 1.29 is 14.2 Å². The highest BCUT2D eigenvalue weighted by Crippen LogP contribution is 2.37. The van der Waals surface area contributed by atoms with E-state index in [4.69, 9.17) is 9.72 Å². The second-order valence-electron chi connectivity index (χ2n) is 9.08. The zero-order chi connectivity index (χ0) is 26.6. The molecule has 37 heavy (non-hydrogen) atoms. The summed E-state index contributed by atoms with van der Waals surface area (Å²) < 4.78 is 7.23. The number of nitrogens with zero attached hydrogens (tertiary/aromatic N) is 4. The van der Waals surface area contributed by atoms with Crippen LogP contribution in [0.4, 0.5) is 23.0 Å². The highest BCUT2D eigenvalue weighted by Gasteiger charge is 2.15. The maximum Gasteiger partial charge on any atom is 0.247 e. The first-order chi connectivity index (χ1) is 17.7. The molecule has 2 aromatic heterocycles. The number of amides is 1. The van der Waals surface area contributed by atoms with E-state index in [1.165, 1.54) is 6.08 Å². The molecule has 2 heterocycles. The molecule has 0 saturated heterocycles. The van der Waals surface area contributed by atoms with Crippen molar-refractivity contribution in [1.29, 1.82) is 0 Å². The number of likely N-dealkylation sites (N-methyl/N-ethyl adjacent to an activating group) is 1. The van der Waals surface area contributed by atoms with E-state index in [0.717, 1.165) is 22.2 Å². The van der Waals surface area contributed by atoms with E-state index in [1.807, 2.05) is 31.4 Å². The van der Waals surface area contributed by atoms with Crippen LogP contribution in [0.25, 0.3) is 22.2 Å². The van der Waals surface area contributed by atoms with Gasteiger partial charge in [-0.25, -0.2) is 9.97 Å². The smallest absolute Gasteiger partial charge is 0.247 e. The molecule has 0 aliphatic carbocycles. The van der Waals surface area contributed by atoms with Gasteiger partial charge in [-0.15, -0.1) is 0 Å². The number of carbonyl (C=O) groups excluding carboxylic acids is 1.